The van der Waals surface area contributed by atoms with E-state index in [9.17, 15) is 9.59 Å². The van der Waals surface area contributed by atoms with E-state index in [2.05, 4.69) is 15.2 Å². The van der Waals surface area contributed by atoms with E-state index in [1.165, 1.54) is 18.4 Å². The van der Waals surface area contributed by atoms with Gasteiger partial charge in [0, 0.05) is 15.4 Å². The number of hydrogen-bond acceptors (Lipinski definition) is 5. The highest BCUT2D eigenvalue weighted by Gasteiger charge is 2.17. The number of hydrogen-bond donors (Lipinski definition) is 1. The van der Waals surface area contributed by atoms with Gasteiger partial charge in [0.1, 0.15) is 11.4 Å². The zero-order chi connectivity index (χ0) is 18.8. The number of aromatic nitrogens is 2. The fourth-order valence-electron chi connectivity index (χ4n) is 2.45. The molecule has 0 atom stereocenters. The molecule has 0 bridgehead atoms. The lowest BCUT2D eigenvalue weighted by Gasteiger charge is -2.06. The van der Waals surface area contributed by atoms with Gasteiger partial charge in [0.25, 0.3) is 5.91 Å². The van der Waals surface area contributed by atoms with Gasteiger partial charge in [-0.2, -0.15) is 5.10 Å². The van der Waals surface area contributed by atoms with Crippen LogP contribution in [-0.4, -0.2) is 35.3 Å². The molecule has 3 rings (SSSR count). The van der Waals surface area contributed by atoms with Crippen molar-refractivity contribution in [1.29, 1.82) is 0 Å². The van der Waals surface area contributed by atoms with E-state index >= 15 is 0 Å². The Labute approximate surface area is 163 Å². The number of carbonyl (C=O) groups excluding carboxylic acids is 2. The molecule has 0 unspecified atom stereocenters. The normalized spacial score (nSPS) is 10.9. The minimum atomic E-state index is -0.501. The number of amides is 1. The van der Waals surface area contributed by atoms with E-state index in [-0.39, 0.29) is 12.5 Å². The van der Waals surface area contributed by atoms with Crippen LogP contribution < -0.4 is 5.32 Å². The fourth-order valence-corrected chi connectivity index (χ4v) is 4.00. The van der Waals surface area contributed by atoms with E-state index in [4.69, 9.17) is 23.2 Å². The summed E-state index contributed by atoms with van der Waals surface area (Å²) in [7, 11) is 1.27. The summed E-state index contributed by atoms with van der Waals surface area (Å²) in [5.74, 6) is -0.828. The molecule has 1 N–H and O–H groups in total. The second-order valence-corrected chi connectivity index (χ2v) is 7.44. The molecule has 9 heteroatoms. The standard InChI is InChI=1S/C17H15Cl2N3O3S/c1-9-12-6-14(16(24)20-7-15(23)25-2)26-17(12)22(21-9)8-10-3-4-11(18)5-13(10)19/h3-6H,7-8H2,1-2H3,(H,20,24). The first-order valence-corrected chi connectivity index (χ1v) is 9.22. The summed E-state index contributed by atoms with van der Waals surface area (Å²) in [5.41, 5.74) is 1.69. The Balaban J connectivity index is 1.87. The van der Waals surface area contributed by atoms with Crippen molar-refractivity contribution in [3.05, 3.63) is 50.4 Å². The third-order valence-electron chi connectivity index (χ3n) is 3.79. The maximum atomic E-state index is 12.2. The molecule has 1 amide bonds. The van der Waals surface area contributed by atoms with Gasteiger partial charge in [-0.05, 0) is 30.7 Å². The number of aryl methyl sites for hydroxylation is 1. The molecule has 1 aromatic carbocycles. The van der Waals surface area contributed by atoms with Gasteiger partial charge in [-0.15, -0.1) is 11.3 Å². The van der Waals surface area contributed by atoms with Gasteiger partial charge in [-0.1, -0.05) is 29.3 Å². The lowest BCUT2D eigenvalue weighted by molar-refractivity contribution is -0.139. The molecule has 136 valence electrons. The molecule has 26 heavy (non-hydrogen) atoms. The molecular weight excluding hydrogens is 397 g/mol. The minimum absolute atomic E-state index is 0.172. The highest BCUT2D eigenvalue weighted by Crippen LogP contribution is 2.30. The Morgan fingerprint density at radius 1 is 1.31 bits per heavy atom. The lowest BCUT2D eigenvalue weighted by Crippen LogP contribution is -2.29. The van der Waals surface area contributed by atoms with Gasteiger partial charge in [0.05, 0.1) is 24.2 Å². The monoisotopic (exact) mass is 411 g/mol. The van der Waals surface area contributed by atoms with Gasteiger partial charge in [0.15, 0.2) is 0 Å². The van der Waals surface area contributed by atoms with Gasteiger partial charge >= 0.3 is 5.97 Å². The van der Waals surface area contributed by atoms with Crippen LogP contribution >= 0.6 is 34.5 Å². The van der Waals surface area contributed by atoms with Gasteiger partial charge in [-0.25, -0.2) is 0 Å². The number of nitrogens with one attached hydrogen (secondary N) is 1. The molecule has 0 fully saturated rings. The average Bonchev–Trinajstić information content (AvgIpc) is 3.16. The van der Waals surface area contributed by atoms with Crippen molar-refractivity contribution in [3.63, 3.8) is 0 Å². The zero-order valence-corrected chi connectivity index (χ0v) is 16.3. The number of halogens is 2. The van der Waals surface area contributed by atoms with Crippen LogP contribution in [0.1, 0.15) is 20.9 Å². The number of rotatable bonds is 5. The second-order valence-electron chi connectivity index (χ2n) is 5.57. The first-order chi connectivity index (χ1) is 12.4. The summed E-state index contributed by atoms with van der Waals surface area (Å²) in [4.78, 5) is 24.8. The van der Waals surface area contributed by atoms with Crippen LogP contribution in [0.4, 0.5) is 0 Å². The van der Waals surface area contributed by atoms with E-state index in [1.807, 2.05) is 17.7 Å². The number of thiophene rings is 1. The summed E-state index contributed by atoms with van der Waals surface area (Å²) in [6, 6.07) is 7.09. The van der Waals surface area contributed by atoms with Gasteiger partial charge in [0.2, 0.25) is 0 Å². The minimum Gasteiger partial charge on any atom is -0.468 e. The maximum Gasteiger partial charge on any atom is 0.325 e. The van der Waals surface area contributed by atoms with Crippen LogP contribution in [0.3, 0.4) is 0 Å². The highest BCUT2D eigenvalue weighted by atomic mass is 35.5. The third kappa shape index (κ3) is 3.85. The Bertz CT molecular complexity index is 997. The molecule has 2 heterocycles. The first-order valence-electron chi connectivity index (χ1n) is 7.65. The molecule has 2 aromatic heterocycles. The molecule has 3 aromatic rings. The molecule has 0 radical (unpaired) electrons. The Morgan fingerprint density at radius 3 is 2.77 bits per heavy atom. The molecular formula is C17H15Cl2N3O3S. The Morgan fingerprint density at radius 2 is 2.08 bits per heavy atom. The Hall–Kier alpha value is -2.09. The van der Waals surface area contributed by atoms with Crippen molar-refractivity contribution in [2.24, 2.45) is 0 Å². The van der Waals surface area contributed by atoms with Crippen molar-refractivity contribution < 1.29 is 14.3 Å². The second kappa shape index (κ2) is 7.65. The molecule has 0 aliphatic heterocycles. The molecule has 0 saturated carbocycles. The highest BCUT2D eigenvalue weighted by molar-refractivity contribution is 7.20. The largest absolute Gasteiger partial charge is 0.468 e. The number of methoxy groups -OCH3 is 1. The molecule has 0 spiro atoms. The van der Waals surface area contributed by atoms with E-state index in [0.29, 0.717) is 21.5 Å². The fraction of sp³-hybridized carbons (Fsp3) is 0.235. The van der Waals surface area contributed by atoms with E-state index in [0.717, 1.165) is 21.5 Å². The summed E-state index contributed by atoms with van der Waals surface area (Å²) >= 11 is 13.5. The van der Waals surface area contributed by atoms with Gasteiger partial charge < -0.3 is 10.1 Å². The summed E-state index contributed by atoms with van der Waals surface area (Å²) < 4.78 is 6.33. The van der Waals surface area contributed by atoms with Crippen LogP contribution in [0.5, 0.6) is 0 Å². The van der Waals surface area contributed by atoms with Crippen LogP contribution in [0.2, 0.25) is 10.0 Å². The van der Waals surface area contributed by atoms with Crippen molar-refractivity contribution in [2.75, 3.05) is 13.7 Å². The smallest absolute Gasteiger partial charge is 0.325 e. The van der Waals surface area contributed by atoms with E-state index < -0.39 is 5.97 Å². The maximum absolute atomic E-state index is 12.2. The topological polar surface area (TPSA) is 73.2 Å². The third-order valence-corrected chi connectivity index (χ3v) is 5.52. The average molecular weight is 412 g/mol. The lowest BCUT2D eigenvalue weighted by atomic mass is 10.2. The molecule has 6 nitrogen and oxygen atoms in total. The van der Waals surface area contributed by atoms with Crippen LogP contribution in [0, 0.1) is 6.92 Å². The van der Waals surface area contributed by atoms with Gasteiger partial charge in [-0.3, -0.25) is 14.3 Å². The summed E-state index contributed by atoms with van der Waals surface area (Å²) in [5, 5.41) is 9.09. The molecule has 0 saturated heterocycles. The number of esters is 1. The number of nitrogens with zero attached hydrogens (tertiary/aromatic N) is 2. The predicted molar refractivity (Wildman–Crippen MR) is 102 cm³/mol. The quantitative estimate of drug-likeness (QED) is 0.650. The SMILES string of the molecule is COC(=O)CNC(=O)c1cc2c(C)nn(Cc3ccc(Cl)cc3Cl)c2s1. The molecule has 0 aliphatic carbocycles. The summed E-state index contributed by atoms with van der Waals surface area (Å²) in [6.45, 7) is 2.17. The van der Waals surface area contributed by atoms with Crippen molar-refractivity contribution in [1.82, 2.24) is 15.1 Å². The predicted octanol–water partition coefficient (Wildman–Crippen LogP) is 3.66. The van der Waals surface area contributed by atoms with Crippen LogP contribution in [-0.2, 0) is 16.1 Å². The van der Waals surface area contributed by atoms with E-state index in [1.54, 1.807) is 18.2 Å². The van der Waals surface area contributed by atoms with Crippen molar-refractivity contribution in [2.45, 2.75) is 13.5 Å². The summed E-state index contributed by atoms with van der Waals surface area (Å²) in [6.07, 6.45) is 0. The zero-order valence-electron chi connectivity index (χ0n) is 14.0. The van der Waals surface area contributed by atoms with Crippen LogP contribution in [0.25, 0.3) is 10.2 Å². The number of benzene rings is 1. The van der Waals surface area contributed by atoms with Crippen LogP contribution in [0.15, 0.2) is 24.3 Å². The number of carbonyl (C=O) groups is 2. The number of fused-ring (bicyclic) bond motifs is 1. The Kier molecular flexibility index (Phi) is 5.50. The molecule has 0 aliphatic rings. The van der Waals surface area contributed by atoms with Crippen molar-refractivity contribution in [3.8, 4) is 0 Å². The number of ether oxygens (including phenoxy) is 1. The first kappa shape index (κ1) is 18.7. The van der Waals surface area contributed by atoms with Crippen molar-refractivity contribution >= 4 is 56.6 Å².